The van der Waals surface area contributed by atoms with E-state index < -0.39 is 11.9 Å². The molecule has 1 aromatic rings. The highest BCUT2D eigenvalue weighted by molar-refractivity contribution is 9.11. The molecular formula is C14H13Br2NO3. The summed E-state index contributed by atoms with van der Waals surface area (Å²) < 4.78 is 6.42. The van der Waals surface area contributed by atoms with Gasteiger partial charge in [0.25, 0.3) is 5.91 Å². The molecule has 0 saturated carbocycles. The molecule has 1 rings (SSSR count). The lowest BCUT2D eigenvalue weighted by molar-refractivity contribution is -0.142. The minimum Gasteiger partial charge on any atom is -0.452 e. The number of nitrogens with one attached hydrogen (secondary N) is 1. The van der Waals surface area contributed by atoms with E-state index in [1.165, 1.54) is 6.08 Å². The number of anilines is 1. The van der Waals surface area contributed by atoms with E-state index in [1.54, 1.807) is 36.4 Å². The standard InChI is InChI=1S/C14H13Br2NO3/c1-2-3-4-5-14(19)20-9-13(18)17-12-7-6-10(15)8-11(12)16/h2-8H,9H2,1H3,(H,17,18)/b3-2+,5-4+. The van der Waals surface area contributed by atoms with Crippen LogP contribution in [0.2, 0.25) is 0 Å². The number of esters is 1. The lowest BCUT2D eigenvalue weighted by atomic mass is 10.3. The normalized spacial score (nSPS) is 10.9. The Morgan fingerprint density at radius 3 is 2.70 bits per heavy atom. The first-order valence-corrected chi connectivity index (χ1v) is 7.32. The lowest BCUT2D eigenvalue weighted by Crippen LogP contribution is -2.20. The third-order valence-electron chi connectivity index (χ3n) is 2.09. The van der Waals surface area contributed by atoms with Gasteiger partial charge >= 0.3 is 5.97 Å². The van der Waals surface area contributed by atoms with Crippen molar-refractivity contribution in [3.8, 4) is 0 Å². The summed E-state index contributed by atoms with van der Waals surface area (Å²) in [5, 5.41) is 2.64. The van der Waals surface area contributed by atoms with Crippen molar-refractivity contribution in [1.82, 2.24) is 0 Å². The van der Waals surface area contributed by atoms with Crippen LogP contribution in [0.1, 0.15) is 6.92 Å². The van der Waals surface area contributed by atoms with Gasteiger partial charge in [0.05, 0.1) is 5.69 Å². The quantitative estimate of drug-likeness (QED) is 0.462. The van der Waals surface area contributed by atoms with Crippen LogP contribution in [0.3, 0.4) is 0 Å². The molecule has 0 unspecified atom stereocenters. The molecule has 0 heterocycles. The van der Waals surface area contributed by atoms with Gasteiger partial charge in [0.2, 0.25) is 0 Å². The Bertz CT molecular complexity index is 553. The highest BCUT2D eigenvalue weighted by Crippen LogP contribution is 2.25. The van der Waals surface area contributed by atoms with Crippen LogP contribution in [0, 0.1) is 0 Å². The molecule has 1 N–H and O–H groups in total. The maximum absolute atomic E-state index is 11.6. The molecular weight excluding hydrogens is 390 g/mol. The van der Waals surface area contributed by atoms with Gasteiger partial charge in [0.15, 0.2) is 6.61 Å². The minimum absolute atomic E-state index is 0.332. The van der Waals surface area contributed by atoms with Crippen LogP contribution in [0.5, 0.6) is 0 Å². The molecule has 0 aliphatic rings. The molecule has 1 aromatic carbocycles. The molecule has 1 amide bonds. The number of carbonyl (C=O) groups excluding carboxylic acids is 2. The predicted octanol–water partition coefficient (Wildman–Crippen LogP) is 3.83. The molecule has 0 aromatic heterocycles. The zero-order valence-electron chi connectivity index (χ0n) is 10.7. The molecule has 0 fully saturated rings. The van der Waals surface area contributed by atoms with Gasteiger partial charge in [-0.05, 0) is 41.1 Å². The van der Waals surface area contributed by atoms with E-state index in [2.05, 4.69) is 37.2 Å². The first-order valence-electron chi connectivity index (χ1n) is 5.74. The van der Waals surface area contributed by atoms with Crippen LogP contribution < -0.4 is 5.32 Å². The van der Waals surface area contributed by atoms with Crippen molar-refractivity contribution in [1.29, 1.82) is 0 Å². The third kappa shape index (κ3) is 6.16. The van der Waals surface area contributed by atoms with Crippen LogP contribution >= 0.6 is 31.9 Å². The van der Waals surface area contributed by atoms with E-state index in [9.17, 15) is 9.59 Å². The maximum Gasteiger partial charge on any atom is 0.331 e. The average Bonchev–Trinajstić information content (AvgIpc) is 2.40. The topological polar surface area (TPSA) is 55.4 Å². The zero-order valence-corrected chi connectivity index (χ0v) is 13.9. The summed E-state index contributed by atoms with van der Waals surface area (Å²) in [6.07, 6.45) is 6.27. The summed E-state index contributed by atoms with van der Waals surface area (Å²) in [6.45, 7) is 1.50. The number of hydrogen-bond donors (Lipinski definition) is 1. The van der Waals surface area contributed by atoms with Gasteiger partial charge in [0.1, 0.15) is 0 Å². The molecule has 0 aliphatic heterocycles. The number of benzene rings is 1. The second kappa shape index (κ2) is 8.71. The number of halogens is 2. The Hall–Kier alpha value is -1.40. The summed E-state index contributed by atoms with van der Waals surface area (Å²) in [7, 11) is 0. The fourth-order valence-corrected chi connectivity index (χ4v) is 2.35. The van der Waals surface area contributed by atoms with E-state index in [0.29, 0.717) is 5.69 Å². The van der Waals surface area contributed by atoms with E-state index in [-0.39, 0.29) is 6.61 Å². The maximum atomic E-state index is 11.6. The second-order valence-electron chi connectivity index (χ2n) is 3.66. The molecule has 0 spiro atoms. The summed E-state index contributed by atoms with van der Waals surface area (Å²) in [5.41, 5.74) is 0.610. The summed E-state index contributed by atoms with van der Waals surface area (Å²) in [4.78, 5) is 22.9. The van der Waals surface area contributed by atoms with Gasteiger partial charge in [-0.25, -0.2) is 4.79 Å². The number of hydrogen-bond acceptors (Lipinski definition) is 3. The van der Waals surface area contributed by atoms with Crippen molar-refractivity contribution >= 4 is 49.4 Å². The molecule has 0 atom stereocenters. The van der Waals surface area contributed by atoms with Gasteiger partial charge in [-0.1, -0.05) is 34.2 Å². The van der Waals surface area contributed by atoms with E-state index in [0.717, 1.165) is 8.95 Å². The van der Waals surface area contributed by atoms with Gasteiger partial charge in [-0.3, -0.25) is 4.79 Å². The summed E-state index contributed by atoms with van der Waals surface area (Å²) in [6, 6.07) is 5.34. The lowest BCUT2D eigenvalue weighted by Gasteiger charge is -2.07. The number of ether oxygens (including phenoxy) is 1. The highest BCUT2D eigenvalue weighted by Gasteiger charge is 2.08. The Balaban J connectivity index is 2.46. The predicted molar refractivity (Wildman–Crippen MR) is 85.4 cm³/mol. The van der Waals surface area contributed by atoms with E-state index in [1.807, 2.05) is 6.92 Å². The van der Waals surface area contributed by atoms with Gasteiger partial charge in [-0.15, -0.1) is 0 Å². The monoisotopic (exact) mass is 401 g/mol. The van der Waals surface area contributed by atoms with Gasteiger partial charge in [-0.2, -0.15) is 0 Å². The second-order valence-corrected chi connectivity index (χ2v) is 5.43. The molecule has 0 saturated heterocycles. The first kappa shape index (κ1) is 16.7. The highest BCUT2D eigenvalue weighted by atomic mass is 79.9. The number of amides is 1. The molecule has 0 radical (unpaired) electrons. The molecule has 20 heavy (non-hydrogen) atoms. The van der Waals surface area contributed by atoms with Crippen LogP contribution in [-0.4, -0.2) is 18.5 Å². The van der Waals surface area contributed by atoms with Gasteiger partial charge in [0, 0.05) is 15.0 Å². The van der Waals surface area contributed by atoms with Crippen LogP contribution in [0.15, 0.2) is 51.4 Å². The van der Waals surface area contributed by atoms with Crippen LogP contribution in [0.4, 0.5) is 5.69 Å². The van der Waals surface area contributed by atoms with Crippen LogP contribution in [0.25, 0.3) is 0 Å². The van der Waals surface area contributed by atoms with Crippen molar-refractivity contribution in [3.05, 3.63) is 51.4 Å². The molecule has 0 bridgehead atoms. The van der Waals surface area contributed by atoms with Crippen molar-refractivity contribution in [2.24, 2.45) is 0 Å². The minimum atomic E-state index is -0.562. The first-order chi connectivity index (χ1) is 9.52. The van der Waals surface area contributed by atoms with Crippen molar-refractivity contribution in [2.45, 2.75) is 6.92 Å². The number of carbonyl (C=O) groups is 2. The largest absolute Gasteiger partial charge is 0.452 e. The molecule has 106 valence electrons. The van der Waals surface area contributed by atoms with E-state index >= 15 is 0 Å². The molecule has 0 aliphatic carbocycles. The number of rotatable bonds is 5. The van der Waals surface area contributed by atoms with Crippen LogP contribution in [-0.2, 0) is 14.3 Å². The van der Waals surface area contributed by atoms with Crippen molar-refractivity contribution in [3.63, 3.8) is 0 Å². The smallest absolute Gasteiger partial charge is 0.331 e. The Morgan fingerprint density at radius 1 is 1.30 bits per heavy atom. The van der Waals surface area contributed by atoms with E-state index in [4.69, 9.17) is 4.74 Å². The fraction of sp³-hybridized carbons (Fsp3) is 0.143. The van der Waals surface area contributed by atoms with Crippen molar-refractivity contribution < 1.29 is 14.3 Å². The molecule has 4 nitrogen and oxygen atoms in total. The fourth-order valence-electron chi connectivity index (χ4n) is 1.21. The zero-order chi connectivity index (χ0) is 15.0. The Morgan fingerprint density at radius 2 is 2.05 bits per heavy atom. The molecule has 6 heteroatoms. The van der Waals surface area contributed by atoms with Crippen molar-refractivity contribution in [2.75, 3.05) is 11.9 Å². The average molecular weight is 403 g/mol. The number of allylic oxidation sites excluding steroid dienone is 3. The summed E-state index contributed by atoms with van der Waals surface area (Å²) in [5.74, 6) is -0.964. The Labute approximate surface area is 134 Å². The Kier molecular flexibility index (Phi) is 7.25. The summed E-state index contributed by atoms with van der Waals surface area (Å²) >= 11 is 6.64. The SMILES string of the molecule is C/C=C/C=C/C(=O)OCC(=O)Nc1ccc(Br)cc1Br. The van der Waals surface area contributed by atoms with Gasteiger partial charge < -0.3 is 10.1 Å². The third-order valence-corrected chi connectivity index (χ3v) is 3.24.